The van der Waals surface area contributed by atoms with Gasteiger partial charge in [0.1, 0.15) is 0 Å². The van der Waals surface area contributed by atoms with Crippen LogP contribution < -0.4 is 10.6 Å². The minimum atomic E-state index is -0.616. The van der Waals surface area contributed by atoms with E-state index in [0.29, 0.717) is 25.6 Å². The van der Waals surface area contributed by atoms with Crippen LogP contribution in [-0.4, -0.2) is 36.1 Å². The van der Waals surface area contributed by atoms with Gasteiger partial charge in [-0.2, -0.15) is 0 Å². The molecular formula is C19H24N4O2. The van der Waals surface area contributed by atoms with E-state index in [1.807, 2.05) is 43.5 Å². The van der Waals surface area contributed by atoms with Gasteiger partial charge in [-0.3, -0.25) is 4.79 Å². The quantitative estimate of drug-likeness (QED) is 0.755. The minimum Gasteiger partial charge on any atom is -0.383 e. The lowest BCUT2D eigenvalue weighted by Crippen LogP contribution is -2.42. The van der Waals surface area contributed by atoms with Gasteiger partial charge < -0.3 is 15.4 Å². The average molecular weight is 340 g/mol. The van der Waals surface area contributed by atoms with Crippen LogP contribution in [-0.2, 0) is 27.9 Å². The van der Waals surface area contributed by atoms with Crippen molar-refractivity contribution in [3.8, 4) is 0 Å². The van der Waals surface area contributed by atoms with Crippen molar-refractivity contribution in [2.45, 2.75) is 31.7 Å². The SMILES string of the molecule is COCCNC(=O)C1(C)CCc2cnc(NCc3ccccc3)nc21. The Morgan fingerprint density at radius 2 is 2.12 bits per heavy atom. The summed E-state index contributed by atoms with van der Waals surface area (Å²) in [7, 11) is 1.62. The topological polar surface area (TPSA) is 76.1 Å². The van der Waals surface area contributed by atoms with Gasteiger partial charge in [-0.05, 0) is 30.9 Å². The third-order valence-electron chi connectivity index (χ3n) is 4.67. The number of aromatic nitrogens is 2. The lowest BCUT2D eigenvalue weighted by Gasteiger charge is -2.23. The molecule has 25 heavy (non-hydrogen) atoms. The van der Waals surface area contributed by atoms with Crippen molar-refractivity contribution < 1.29 is 9.53 Å². The highest BCUT2D eigenvalue weighted by Crippen LogP contribution is 2.37. The van der Waals surface area contributed by atoms with Crippen LogP contribution in [0.3, 0.4) is 0 Å². The highest BCUT2D eigenvalue weighted by atomic mass is 16.5. The fourth-order valence-electron chi connectivity index (χ4n) is 3.12. The number of hydrogen-bond donors (Lipinski definition) is 2. The third kappa shape index (κ3) is 3.79. The van der Waals surface area contributed by atoms with Crippen molar-refractivity contribution in [2.75, 3.05) is 25.6 Å². The fraction of sp³-hybridized carbons (Fsp3) is 0.421. The van der Waals surface area contributed by atoms with Crippen molar-refractivity contribution >= 4 is 11.9 Å². The molecule has 6 heteroatoms. The maximum absolute atomic E-state index is 12.6. The molecule has 0 bridgehead atoms. The smallest absolute Gasteiger partial charge is 0.232 e. The number of ether oxygens (including phenoxy) is 1. The Balaban J connectivity index is 1.73. The second-order valence-corrected chi connectivity index (χ2v) is 6.49. The monoisotopic (exact) mass is 340 g/mol. The summed E-state index contributed by atoms with van der Waals surface area (Å²) >= 11 is 0. The highest BCUT2D eigenvalue weighted by molar-refractivity contribution is 5.88. The van der Waals surface area contributed by atoms with E-state index < -0.39 is 5.41 Å². The summed E-state index contributed by atoms with van der Waals surface area (Å²) in [5.74, 6) is 0.552. The van der Waals surface area contributed by atoms with E-state index in [4.69, 9.17) is 4.74 Å². The van der Waals surface area contributed by atoms with Crippen molar-refractivity contribution in [1.82, 2.24) is 15.3 Å². The third-order valence-corrected chi connectivity index (χ3v) is 4.67. The van der Waals surface area contributed by atoms with E-state index in [-0.39, 0.29) is 5.91 Å². The summed E-state index contributed by atoms with van der Waals surface area (Å²) in [5, 5.41) is 6.19. The zero-order chi connectivity index (χ0) is 17.7. The molecule has 1 aromatic carbocycles. The van der Waals surface area contributed by atoms with Gasteiger partial charge in [0.25, 0.3) is 0 Å². The first-order valence-electron chi connectivity index (χ1n) is 8.55. The number of nitrogens with one attached hydrogen (secondary N) is 2. The van der Waals surface area contributed by atoms with Gasteiger partial charge in [0, 0.05) is 26.4 Å². The summed E-state index contributed by atoms with van der Waals surface area (Å²) in [6.45, 7) is 3.61. The molecular weight excluding hydrogens is 316 g/mol. The van der Waals surface area contributed by atoms with E-state index in [2.05, 4.69) is 20.6 Å². The van der Waals surface area contributed by atoms with Crippen molar-refractivity contribution in [2.24, 2.45) is 0 Å². The Hall–Kier alpha value is -2.47. The first-order valence-corrected chi connectivity index (χ1v) is 8.55. The van der Waals surface area contributed by atoms with E-state index in [1.165, 1.54) is 0 Å². The van der Waals surface area contributed by atoms with Gasteiger partial charge in [-0.25, -0.2) is 9.97 Å². The molecule has 1 unspecified atom stereocenters. The average Bonchev–Trinajstić information content (AvgIpc) is 2.99. The number of hydrogen-bond acceptors (Lipinski definition) is 5. The van der Waals surface area contributed by atoms with E-state index in [1.54, 1.807) is 7.11 Å². The van der Waals surface area contributed by atoms with Crippen LogP contribution in [0.1, 0.15) is 30.2 Å². The molecule has 0 saturated carbocycles. The number of carbonyl (C=O) groups excluding carboxylic acids is 1. The number of aryl methyl sites for hydroxylation is 1. The van der Waals surface area contributed by atoms with Crippen LogP contribution in [0, 0.1) is 0 Å². The maximum atomic E-state index is 12.6. The van der Waals surface area contributed by atoms with Crippen molar-refractivity contribution in [3.63, 3.8) is 0 Å². The number of methoxy groups -OCH3 is 1. The van der Waals surface area contributed by atoms with E-state index in [9.17, 15) is 4.79 Å². The molecule has 0 spiro atoms. The predicted molar refractivity (Wildman–Crippen MR) is 96.4 cm³/mol. The number of rotatable bonds is 7. The van der Waals surface area contributed by atoms with Crippen LogP contribution in [0.15, 0.2) is 36.5 Å². The number of benzene rings is 1. The second-order valence-electron chi connectivity index (χ2n) is 6.49. The summed E-state index contributed by atoms with van der Waals surface area (Å²) < 4.78 is 5.00. The van der Waals surface area contributed by atoms with Crippen molar-refractivity contribution in [3.05, 3.63) is 53.3 Å². The molecule has 1 amide bonds. The van der Waals surface area contributed by atoms with Gasteiger partial charge >= 0.3 is 0 Å². The molecule has 1 aliphatic carbocycles. The molecule has 1 aromatic heterocycles. The first kappa shape index (κ1) is 17.4. The summed E-state index contributed by atoms with van der Waals surface area (Å²) in [6.07, 6.45) is 3.41. The summed E-state index contributed by atoms with van der Waals surface area (Å²) in [6, 6.07) is 10.1. The Kier molecular flexibility index (Phi) is 5.28. The molecule has 0 radical (unpaired) electrons. The van der Waals surface area contributed by atoms with Crippen molar-refractivity contribution in [1.29, 1.82) is 0 Å². The van der Waals surface area contributed by atoms with Crippen LogP contribution in [0.5, 0.6) is 0 Å². The Labute approximate surface area is 148 Å². The number of fused-ring (bicyclic) bond motifs is 1. The molecule has 1 aliphatic rings. The largest absolute Gasteiger partial charge is 0.383 e. The lowest BCUT2D eigenvalue weighted by atomic mass is 9.86. The zero-order valence-electron chi connectivity index (χ0n) is 14.7. The standard InChI is InChI=1S/C19H24N4O2/c1-19(17(24)20-10-11-25-2)9-8-15-13-22-18(23-16(15)19)21-12-14-6-4-3-5-7-14/h3-7,13H,8-12H2,1-2H3,(H,20,24)(H,21,22,23). The molecule has 0 fully saturated rings. The highest BCUT2D eigenvalue weighted by Gasteiger charge is 2.42. The van der Waals surface area contributed by atoms with Gasteiger partial charge in [0.2, 0.25) is 11.9 Å². The molecule has 2 aromatic rings. The maximum Gasteiger partial charge on any atom is 0.232 e. The minimum absolute atomic E-state index is 0.00370. The summed E-state index contributed by atoms with van der Waals surface area (Å²) in [5.41, 5.74) is 2.42. The van der Waals surface area contributed by atoms with Gasteiger partial charge in [0.05, 0.1) is 17.7 Å². The first-order chi connectivity index (χ1) is 12.1. The Morgan fingerprint density at radius 3 is 2.88 bits per heavy atom. The molecule has 0 saturated heterocycles. The zero-order valence-corrected chi connectivity index (χ0v) is 14.7. The number of amides is 1. The summed E-state index contributed by atoms with van der Waals surface area (Å²) in [4.78, 5) is 21.7. The molecule has 6 nitrogen and oxygen atoms in total. The Bertz CT molecular complexity index is 735. The lowest BCUT2D eigenvalue weighted by molar-refractivity contribution is -0.126. The molecule has 132 valence electrons. The molecule has 1 heterocycles. The second kappa shape index (κ2) is 7.61. The molecule has 1 atom stereocenters. The Morgan fingerprint density at radius 1 is 1.32 bits per heavy atom. The van der Waals surface area contributed by atoms with Crippen LogP contribution in [0.25, 0.3) is 0 Å². The van der Waals surface area contributed by atoms with Gasteiger partial charge in [-0.15, -0.1) is 0 Å². The van der Waals surface area contributed by atoms with Gasteiger partial charge in [0.15, 0.2) is 0 Å². The molecule has 2 N–H and O–H groups in total. The molecule has 3 rings (SSSR count). The van der Waals surface area contributed by atoms with E-state index >= 15 is 0 Å². The number of nitrogens with zero attached hydrogens (tertiary/aromatic N) is 2. The van der Waals surface area contributed by atoms with Crippen LogP contribution >= 0.6 is 0 Å². The number of carbonyl (C=O) groups is 1. The fourth-order valence-corrected chi connectivity index (χ4v) is 3.12. The van der Waals surface area contributed by atoms with E-state index in [0.717, 1.165) is 29.7 Å². The molecule has 0 aliphatic heterocycles. The predicted octanol–water partition coefficient (Wildman–Crippen LogP) is 2.06. The van der Waals surface area contributed by atoms with Gasteiger partial charge in [-0.1, -0.05) is 30.3 Å². The normalized spacial score (nSPS) is 18.6. The number of anilines is 1. The van der Waals surface area contributed by atoms with Crippen LogP contribution in [0.2, 0.25) is 0 Å². The van der Waals surface area contributed by atoms with Crippen LogP contribution in [0.4, 0.5) is 5.95 Å².